The Morgan fingerprint density at radius 2 is 1.65 bits per heavy atom. The van der Waals surface area contributed by atoms with E-state index in [4.69, 9.17) is 11.6 Å². The quantitative estimate of drug-likeness (QED) is 0.637. The van der Waals surface area contributed by atoms with E-state index in [0.717, 1.165) is 23.1 Å². The zero-order chi connectivity index (χ0) is 14.7. The van der Waals surface area contributed by atoms with Gasteiger partial charge >= 0.3 is 0 Å². The summed E-state index contributed by atoms with van der Waals surface area (Å²) in [4.78, 5) is 0. The van der Waals surface area contributed by atoms with Crippen molar-refractivity contribution in [3.05, 3.63) is 70.5 Å². The number of aryl methyl sites for hydroxylation is 1. The molecule has 0 amide bonds. The molecule has 0 saturated heterocycles. The normalized spacial score (nSPS) is 12.7. The highest BCUT2D eigenvalue weighted by Crippen LogP contribution is 2.30. The molecule has 1 unspecified atom stereocenters. The van der Waals surface area contributed by atoms with E-state index < -0.39 is 0 Å². The Bertz CT molecular complexity index is 552. The van der Waals surface area contributed by atoms with Crippen LogP contribution in [0.5, 0.6) is 0 Å². The smallest absolute Gasteiger partial charge is 0.123 e. The van der Waals surface area contributed by atoms with Gasteiger partial charge in [0.2, 0.25) is 0 Å². The number of hydrogen-bond acceptors (Lipinski definition) is 0. The van der Waals surface area contributed by atoms with E-state index >= 15 is 0 Å². The lowest BCUT2D eigenvalue weighted by atomic mass is 9.98. The number of halogens is 2. The fourth-order valence-corrected chi connectivity index (χ4v) is 2.67. The largest absolute Gasteiger partial charge is 0.207 e. The van der Waals surface area contributed by atoms with Crippen LogP contribution in [-0.4, -0.2) is 0 Å². The average Bonchev–Trinajstić information content (AvgIpc) is 2.37. The summed E-state index contributed by atoms with van der Waals surface area (Å²) in [7, 11) is 0. The molecule has 0 aliphatic rings. The standard InChI is InChI=1S/C18H20ClF/c1-12(2)8-14-4-6-15(7-5-14)18(19)16-9-13(3)10-17(20)11-16/h4-7,9-12,18H,8H2,1-3H3. The minimum absolute atomic E-state index is 0.234. The Labute approximate surface area is 125 Å². The first-order valence-electron chi connectivity index (χ1n) is 6.95. The molecule has 0 aliphatic carbocycles. The summed E-state index contributed by atoms with van der Waals surface area (Å²) in [6.07, 6.45) is 1.06. The van der Waals surface area contributed by atoms with Gasteiger partial charge in [-0.3, -0.25) is 0 Å². The molecule has 0 spiro atoms. The summed E-state index contributed by atoms with van der Waals surface area (Å²) in [5.41, 5.74) is 4.01. The van der Waals surface area contributed by atoms with Gasteiger partial charge in [0.15, 0.2) is 0 Å². The second-order valence-electron chi connectivity index (χ2n) is 5.76. The first kappa shape index (κ1) is 15.1. The molecule has 0 N–H and O–H groups in total. The number of alkyl halides is 1. The highest BCUT2D eigenvalue weighted by atomic mass is 35.5. The summed E-state index contributed by atoms with van der Waals surface area (Å²) in [6, 6.07) is 13.2. The number of benzene rings is 2. The molecule has 0 saturated carbocycles. The zero-order valence-corrected chi connectivity index (χ0v) is 12.9. The summed E-state index contributed by atoms with van der Waals surface area (Å²) >= 11 is 6.47. The Hall–Kier alpha value is -1.34. The molecule has 2 rings (SSSR count). The molecule has 0 heterocycles. The van der Waals surface area contributed by atoms with Gasteiger partial charge in [-0.2, -0.15) is 0 Å². The third-order valence-corrected chi connectivity index (χ3v) is 3.78. The lowest BCUT2D eigenvalue weighted by Crippen LogP contribution is -1.97. The Morgan fingerprint density at radius 1 is 1.00 bits per heavy atom. The van der Waals surface area contributed by atoms with E-state index in [1.54, 1.807) is 0 Å². The lowest BCUT2D eigenvalue weighted by Gasteiger charge is -2.13. The number of hydrogen-bond donors (Lipinski definition) is 0. The van der Waals surface area contributed by atoms with Crippen LogP contribution >= 0.6 is 11.6 Å². The zero-order valence-electron chi connectivity index (χ0n) is 12.2. The van der Waals surface area contributed by atoms with Gasteiger partial charge in [-0.1, -0.05) is 44.2 Å². The third-order valence-electron chi connectivity index (χ3n) is 3.27. The third kappa shape index (κ3) is 3.83. The molecule has 0 nitrogen and oxygen atoms in total. The van der Waals surface area contributed by atoms with Crippen LogP contribution in [0.4, 0.5) is 4.39 Å². The molecule has 20 heavy (non-hydrogen) atoms. The van der Waals surface area contributed by atoms with Crippen molar-refractivity contribution in [3.63, 3.8) is 0 Å². The second-order valence-corrected chi connectivity index (χ2v) is 6.20. The van der Waals surface area contributed by atoms with Crippen LogP contribution in [0.3, 0.4) is 0 Å². The molecule has 106 valence electrons. The fourth-order valence-electron chi connectivity index (χ4n) is 2.40. The van der Waals surface area contributed by atoms with E-state index in [0.29, 0.717) is 5.92 Å². The maximum absolute atomic E-state index is 13.5. The van der Waals surface area contributed by atoms with Crippen molar-refractivity contribution < 1.29 is 4.39 Å². The highest BCUT2D eigenvalue weighted by Gasteiger charge is 2.12. The summed E-state index contributed by atoms with van der Waals surface area (Å²) in [5.74, 6) is 0.403. The van der Waals surface area contributed by atoms with Crippen LogP contribution in [-0.2, 0) is 6.42 Å². The van der Waals surface area contributed by atoms with Crippen molar-refractivity contribution in [2.45, 2.75) is 32.6 Å². The van der Waals surface area contributed by atoms with E-state index in [-0.39, 0.29) is 11.2 Å². The maximum atomic E-state index is 13.5. The van der Waals surface area contributed by atoms with E-state index in [9.17, 15) is 4.39 Å². The monoisotopic (exact) mass is 290 g/mol. The molecular weight excluding hydrogens is 271 g/mol. The van der Waals surface area contributed by atoms with Gasteiger partial charge in [-0.15, -0.1) is 11.6 Å². The van der Waals surface area contributed by atoms with Gasteiger partial charge < -0.3 is 0 Å². The van der Waals surface area contributed by atoms with Gasteiger partial charge in [-0.25, -0.2) is 4.39 Å². The van der Waals surface area contributed by atoms with Crippen molar-refractivity contribution in [2.24, 2.45) is 5.92 Å². The maximum Gasteiger partial charge on any atom is 0.123 e. The molecule has 0 radical (unpaired) electrons. The predicted octanol–water partition coefficient (Wildman–Crippen LogP) is 5.66. The van der Waals surface area contributed by atoms with Gasteiger partial charge in [0, 0.05) is 0 Å². The molecule has 1 atom stereocenters. The topological polar surface area (TPSA) is 0 Å². The molecule has 0 bridgehead atoms. The molecule has 0 fully saturated rings. The molecule has 0 aromatic heterocycles. The molecule has 0 aliphatic heterocycles. The van der Waals surface area contributed by atoms with Gasteiger partial charge in [0.1, 0.15) is 5.82 Å². The van der Waals surface area contributed by atoms with Crippen molar-refractivity contribution in [3.8, 4) is 0 Å². The predicted molar refractivity (Wildman–Crippen MR) is 83.8 cm³/mol. The van der Waals surface area contributed by atoms with Crippen molar-refractivity contribution >= 4 is 11.6 Å². The molecule has 2 aromatic rings. The van der Waals surface area contributed by atoms with Gasteiger partial charge in [0.25, 0.3) is 0 Å². The van der Waals surface area contributed by atoms with Crippen molar-refractivity contribution in [1.29, 1.82) is 0 Å². The van der Waals surface area contributed by atoms with Crippen LogP contribution in [0.25, 0.3) is 0 Å². The second kappa shape index (κ2) is 6.41. The van der Waals surface area contributed by atoms with Crippen LogP contribution in [0.1, 0.15) is 41.5 Å². The van der Waals surface area contributed by atoms with Crippen LogP contribution in [0.2, 0.25) is 0 Å². The lowest BCUT2D eigenvalue weighted by molar-refractivity contribution is 0.624. The molecular formula is C18H20ClF. The van der Waals surface area contributed by atoms with Crippen LogP contribution in [0.15, 0.2) is 42.5 Å². The Balaban J connectivity index is 2.22. The average molecular weight is 291 g/mol. The van der Waals surface area contributed by atoms with Crippen molar-refractivity contribution in [2.75, 3.05) is 0 Å². The fraction of sp³-hybridized carbons (Fsp3) is 0.333. The first-order valence-corrected chi connectivity index (χ1v) is 7.39. The summed E-state index contributed by atoms with van der Waals surface area (Å²) < 4.78 is 13.5. The molecule has 2 heteroatoms. The van der Waals surface area contributed by atoms with E-state index in [1.165, 1.54) is 17.7 Å². The first-order chi connectivity index (χ1) is 9.45. The SMILES string of the molecule is Cc1cc(F)cc(C(Cl)c2ccc(CC(C)C)cc2)c1. The van der Waals surface area contributed by atoms with Crippen molar-refractivity contribution in [1.82, 2.24) is 0 Å². The Morgan fingerprint density at radius 3 is 2.20 bits per heavy atom. The number of rotatable bonds is 4. The molecule has 2 aromatic carbocycles. The van der Waals surface area contributed by atoms with Gasteiger partial charge in [-0.05, 0) is 53.6 Å². The minimum Gasteiger partial charge on any atom is -0.207 e. The summed E-state index contributed by atoms with van der Waals surface area (Å²) in [6.45, 7) is 6.28. The summed E-state index contributed by atoms with van der Waals surface area (Å²) in [5, 5.41) is -0.308. The Kier molecular flexibility index (Phi) is 4.82. The van der Waals surface area contributed by atoms with E-state index in [2.05, 4.69) is 26.0 Å². The van der Waals surface area contributed by atoms with Crippen LogP contribution < -0.4 is 0 Å². The van der Waals surface area contributed by atoms with Gasteiger partial charge in [0.05, 0.1) is 5.38 Å². The highest BCUT2D eigenvalue weighted by molar-refractivity contribution is 6.22. The van der Waals surface area contributed by atoms with Crippen LogP contribution in [0, 0.1) is 18.7 Å². The van der Waals surface area contributed by atoms with E-state index in [1.807, 2.05) is 25.1 Å². The minimum atomic E-state index is -0.308.